The van der Waals surface area contributed by atoms with Crippen molar-refractivity contribution in [3.05, 3.63) is 58.3 Å². The summed E-state index contributed by atoms with van der Waals surface area (Å²) in [6.45, 7) is 5.90. The van der Waals surface area contributed by atoms with Crippen molar-refractivity contribution in [1.29, 1.82) is 0 Å². The number of hydrogen-bond acceptors (Lipinski definition) is 3. The maximum Gasteiger partial charge on any atom is 0.254 e. The Morgan fingerprint density at radius 2 is 1.91 bits per heavy atom. The molecule has 1 aromatic carbocycles. The SMILES string of the molecule is CC(c1ccccc1)N1CCCN(C(=O)c2ccsc2)CC1. The molecule has 22 heavy (non-hydrogen) atoms. The van der Waals surface area contributed by atoms with Gasteiger partial charge < -0.3 is 4.90 Å². The van der Waals surface area contributed by atoms with Crippen LogP contribution in [-0.2, 0) is 0 Å². The predicted molar refractivity (Wildman–Crippen MR) is 91.3 cm³/mol. The third-order valence-corrected chi connectivity index (χ3v) is 5.10. The van der Waals surface area contributed by atoms with Crippen molar-refractivity contribution >= 4 is 17.2 Å². The molecule has 4 heteroatoms. The van der Waals surface area contributed by atoms with Crippen molar-refractivity contribution in [2.45, 2.75) is 19.4 Å². The average Bonchev–Trinajstić information content (AvgIpc) is 2.99. The summed E-state index contributed by atoms with van der Waals surface area (Å²) in [6, 6.07) is 12.9. The smallest absolute Gasteiger partial charge is 0.254 e. The van der Waals surface area contributed by atoms with Gasteiger partial charge in [0.05, 0.1) is 5.56 Å². The number of carbonyl (C=O) groups is 1. The molecule has 1 aromatic heterocycles. The summed E-state index contributed by atoms with van der Waals surface area (Å²) in [4.78, 5) is 17.0. The van der Waals surface area contributed by atoms with E-state index in [9.17, 15) is 4.79 Å². The molecule has 0 saturated carbocycles. The van der Waals surface area contributed by atoms with E-state index in [2.05, 4.69) is 42.2 Å². The monoisotopic (exact) mass is 314 g/mol. The predicted octanol–water partition coefficient (Wildman–Crippen LogP) is 3.66. The Bertz CT molecular complexity index is 597. The molecule has 1 fully saturated rings. The van der Waals surface area contributed by atoms with Crippen LogP contribution in [0.1, 0.15) is 35.3 Å². The second-order valence-corrected chi connectivity index (χ2v) is 6.56. The molecule has 1 amide bonds. The molecule has 116 valence electrons. The minimum atomic E-state index is 0.176. The molecule has 0 bridgehead atoms. The van der Waals surface area contributed by atoms with Gasteiger partial charge in [-0.3, -0.25) is 9.69 Å². The Labute approximate surface area is 136 Å². The van der Waals surface area contributed by atoms with Crippen LogP contribution < -0.4 is 0 Å². The highest BCUT2D eigenvalue weighted by Gasteiger charge is 2.23. The lowest BCUT2D eigenvalue weighted by molar-refractivity contribution is 0.0759. The molecule has 1 unspecified atom stereocenters. The summed E-state index contributed by atoms with van der Waals surface area (Å²) < 4.78 is 0. The summed E-state index contributed by atoms with van der Waals surface area (Å²) in [5.74, 6) is 0.176. The van der Waals surface area contributed by atoms with Crippen LogP contribution in [0.5, 0.6) is 0 Å². The second-order valence-electron chi connectivity index (χ2n) is 5.78. The van der Waals surface area contributed by atoms with Gasteiger partial charge in [0.25, 0.3) is 5.91 Å². The van der Waals surface area contributed by atoms with E-state index in [1.54, 1.807) is 11.3 Å². The second kappa shape index (κ2) is 7.07. The number of carbonyl (C=O) groups excluding carboxylic acids is 1. The number of amides is 1. The highest BCUT2D eigenvalue weighted by molar-refractivity contribution is 7.08. The van der Waals surface area contributed by atoms with E-state index in [0.717, 1.165) is 38.2 Å². The van der Waals surface area contributed by atoms with Crippen molar-refractivity contribution in [2.24, 2.45) is 0 Å². The Hall–Kier alpha value is -1.65. The molecule has 3 rings (SSSR count). The fourth-order valence-electron chi connectivity index (χ4n) is 3.04. The molecule has 2 heterocycles. The molecule has 1 aliphatic rings. The van der Waals surface area contributed by atoms with Crippen LogP contribution in [0.3, 0.4) is 0 Å². The van der Waals surface area contributed by atoms with Crippen LogP contribution in [0, 0.1) is 0 Å². The first-order valence-electron chi connectivity index (χ1n) is 7.86. The van der Waals surface area contributed by atoms with Crippen LogP contribution in [0.25, 0.3) is 0 Å². The first-order valence-corrected chi connectivity index (χ1v) is 8.80. The van der Waals surface area contributed by atoms with Crippen molar-refractivity contribution in [3.8, 4) is 0 Å². The molecule has 1 atom stereocenters. The molecule has 0 aliphatic carbocycles. The van der Waals surface area contributed by atoms with Crippen LogP contribution in [0.15, 0.2) is 47.2 Å². The van der Waals surface area contributed by atoms with Crippen molar-refractivity contribution in [2.75, 3.05) is 26.2 Å². The summed E-state index contributed by atoms with van der Waals surface area (Å²) in [7, 11) is 0. The van der Waals surface area contributed by atoms with Gasteiger partial charge in [0.1, 0.15) is 0 Å². The molecule has 0 radical (unpaired) electrons. The number of benzene rings is 1. The average molecular weight is 314 g/mol. The van der Waals surface area contributed by atoms with E-state index in [-0.39, 0.29) is 5.91 Å². The topological polar surface area (TPSA) is 23.6 Å². The fourth-order valence-corrected chi connectivity index (χ4v) is 3.67. The fraction of sp³-hybridized carbons (Fsp3) is 0.389. The lowest BCUT2D eigenvalue weighted by Crippen LogP contribution is -2.35. The van der Waals surface area contributed by atoms with Gasteiger partial charge in [-0.05, 0) is 30.4 Å². The van der Waals surface area contributed by atoms with Gasteiger partial charge in [-0.25, -0.2) is 0 Å². The molecular formula is C18H22N2OS. The molecule has 3 nitrogen and oxygen atoms in total. The zero-order chi connectivity index (χ0) is 15.4. The van der Waals surface area contributed by atoms with E-state index >= 15 is 0 Å². The lowest BCUT2D eigenvalue weighted by atomic mass is 10.1. The number of hydrogen-bond donors (Lipinski definition) is 0. The third-order valence-electron chi connectivity index (χ3n) is 4.42. The van der Waals surface area contributed by atoms with E-state index in [4.69, 9.17) is 0 Å². The molecular weight excluding hydrogens is 292 g/mol. The minimum Gasteiger partial charge on any atom is -0.337 e. The van der Waals surface area contributed by atoms with Gasteiger partial charge in [-0.1, -0.05) is 30.3 Å². The molecule has 2 aromatic rings. The maximum atomic E-state index is 12.5. The number of nitrogens with zero attached hydrogens (tertiary/aromatic N) is 2. The Kier molecular flexibility index (Phi) is 4.90. The standard InChI is InChI=1S/C18H22N2OS/c1-15(16-6-3-2-4-7-16)19-9-5-10-20(12-11-19)18(21)17-8-13-22-14-17/h2-4,6-8,13-15H,5,9-12H2,1H3. The largest absolute Gasteiger partial charge is 0.337 e. The van der Waals surface area contributed by atoms with Gasteiger partial charge in [0.15, 0.2) is 0 Å². The summed E-state index contributed by atoms with van der Waals surface area (Å²) in [5, 5.41) is 3.91. The maximum absolute atomic E-state index is 12.5. The van der Waals surface area contributed by atoms with Crippen molar-refractivity contribution in [3.63, 3.8) is 0 Å². The van der Waals surface area contributed by atoms with E-state index < -0.39 is 0 Å². The molecule has 0 N–H and O–H groups in total. The van der Waals surface area contributed by atoms with Gasteiger partial charge >= 0.3 is 0 Å². The molecule has 0 spiro atoms. The summed E-state index contributed by atoms with van der Waals surface area (Å²) in [5.41, 5.74) is 2.18. The van der Waals surface area contributed by atoms with E-state index in [0.29, 0.717) is 6.04 Å². The minimum absolute atomic E-state index is 0.176. The Balaban J connectivity index is 1.64. The normalized spacial score (nSPS) is 18.0. The van der Waals surface area contributed by atoms with Gasteiger partial charge in [0, 0.05) is 37.6 Å². The van der Waals surface area contributed by atoms with Gasteiger partial charge in [0.2, 0.25) is 0 Å². The van der Waals surface area contributed by atoms with Crippen molar-refractivity contribution in [1.82, 2.24) is 9.80 Å². The quantitative estimate of drug-likeness (QED) is 0.863. The highest BCUT2D eigenvalue weighted by atomic mass is 32.1. The van der Waals surface area contributed by atoms with Gasteiger partial charge in [-0.2, -0.15) is 11.3 Å². The van der Waals surface area contributed by atoms with Crippen LogP contribution >= 0.6 is 11.3 Å². The number of thiophene rings is 1. The number of rotatable bonds is 3. The highest BCUT2D eigenvalue weighted by Crippen LogP contribution is 2.22. The zero-order valence-electron chi connectivity index (χ0n) is 12.9. The Morgan fingerprint density at radius 1 is 1.09 bits per heavy atom. The first-order chi connectivity index (χ1) is 10.8. The first kappa shape index (κ1) is 15.3. The van der Waals surface area contributed by atoms with Gasteiger partial charge in [-0.15, -0.1) is 0 Å². The molecule has 1 saturated heterocycles. The van der Waals surface area contributed by atoms with Crippen LogP contribution in [-0.4, -0.2) is 41.9 Å². The zero-order valence-corrected chi connectivity index (χ0v) is 13.8. The summed E-state index contributed by atoms with van der Waals surface area (Å²) >= 11 is 1.58. The van der Waals surface area contributed by atoms with Crippen LogP contribution in [0.2, 0.25) is 0 Å². The molecule has 1 aliphatic heterocycles. The third kappa shape index (κ3) is 3.39. The lowest BCUT2D eigenvalue weighted by Gasteiger charge is -2.28. The Morgan fingerprint density at radius 3 is 2.64 bits per heavy atom. The van der Waals surface area contributed by atoms with Crippen molar-refractivity contribution < 1.29 is 4.79 Å². The van der Waals surface area contributed by atoms with E-state index in [1.165, 1.54) is 5.56 Å². The van der Waals surface area contributed by atoms with Crippen LogP contribution in [0.4, 0.5) is 0 Å². The summed E-state index contributed by atoms with van der Waals surface area (Å²) in [6.07, 6.45) is 1.03. The van der Waals surface area contributed by atoms with E-state index in [1.807, 2.05) is 21.7 Å².